The molecular formula is C64H82. The van der Waals surface area contributed by atoms with Crippen molar-refractivity contribution in [2.45, 2.75) is 183 Å². The van der Waals surface area contributed by atoms with Crippen LogP contribution in [0.15, 0.2) is 115 Å². The Morgan fingerprint density at radius 2 is 0.469 bits per heavy atom. The SMILES string of the molecule is CC(C)(C)c1cc(-c2cc(-c3cc(C(C)(C)C)cc(C(C)(C)C)c3)cc(-c3c(-c4ccccc4C(C)(C)C)cc(C(C)(C)C)cc3-c3ccccc3C(C)(C)C)c2)cc(C(C)(C)C)c1. The number of hydrogen-bond acceptors (Lipinski definition) is 0. The molecule has 0 aliphatic rings. The van der Waals surface area contributed by atoms with Gasteiger partial charge in [0.2, 0.25) is 0 Å². The zero-order valence-corrected chi connectivity index (χ0v) is 44.0. The molecule has 0 aliphatic carbocycles. The molecular weight excluding hydrogens is 769 g/mol. The number of hydrogen-bond donors (Lipinski definition) is 0. The van der Waals surface area contributed by atoms with Crippen LogP contribution in [0, 0.1) is 0 Å². The Labute approximate surface area is 391 Å². The lowest BCUT2D eigenvalue weighted by molar-refractivity contribution is 0.568. The van der Waals surface area contributed by atoms with E-state index >= 15 is 0 Å². The summed E-state index contributed by atoms with van der Waals surface area (Å²) in [4.78, 5) is 0. The summed E-state index contributed by atoms with van der Waals surface area (Å²) in [5.41, 5.74) is 21.9. The van der Waals surface area contributed by atoms with Gasteiger partial charge in [-0.2, -0.15) is 0 Å². The normalized spacial score (nSPS) is 13.4. The van der Waals surface area contributed by atoms with Gasteiger partial charge in [-0.25, -0.2) is 0 Å². The molecule has 0 saturated carbocycles. The van der Waals surface area contributed by atoms with Gasteiger partial charge in [0.25, 0.3) is 0 Å². The molecule has 0 bridgehead atoms. The molecule has 0 heteroatoms. The molecule has 0 heterocycles. The molecule has 0 atom stereocenters. The molecule has 0 N–H and O–H groups in total. The van der Waals surface area contributed by atoms with Gasteiger partial charge in [0.1, 0.15) is 0 Å². The van der Waals surface area contributed by atoms with Crippen molar-refractivity contribution in [2.75, 3.05) is 0 Å². The second kappa shape index (κ2) is 16.6. The van der Waals surface area contributed by atoms with Crippen LogP contribution in [0.2, 0.25) is 0 Å². The van der Waals surface area contributed by atoms with Crippen molar-refractivity contribution in [3.63, 3.8) is 0 Å². The third-order valence-corrected chi connectivity index (χ3v) is 13.3. The quantitative estimate of drug-likeness (QED) is 0.162. The molecule has 0 aliphatic heterocycles. The highest BCUT2D eigenvalue weighted by atomic mass is 14.3. The van der Waals surface area contributed by atoms with Gasteiger partial charge >= 0.3 is 0 Å². The predicted octanol–water partition coefficient (Wildman–Crippen LogP) is 19.1. The van der Waals surface area contributed by atoms with Crippen LogP contribution in [-0.2, 0) is 37.9 Å². The van der Waals surface area contributed by atoms with Crippen LogP contribution >= 0.6 is 0 Å². The topological polar surface area (TPSA) is 0 Å². The Morgan fingerprint density at radius 3 is 0.750 bits per heavy atom. The van der Waals surface area contributed by atoms with Crippen LogP contribution in [0.25, 0.3) is 55.6 Å². The van der Waals surface area contributed by atoms with Crippen LogP contribution in [0.4, 0.5) is 0 Å². The Bertz CT molecular complexity index is 2420. The third kappa shape index (κ3) is 10.5. The molecule has 338 valence electrons. The van der Waals surface area contributed by atoms with Gasteiger partial charge in [-0.15, -0.1) is 0 Å². The molecule has 0 nitrogen and oxygen atoms in total. The molecule has 0 amide bonds. The number of rotatable bonds is 5. The zero-order valence-electron chi connectivity index (χ0n) is 44.0. The smallest absolute Gasteiger partial charge is 0.00260 e. The van der Waals surface area contributed by atoms with Crippen molar-refractivity contribution < 1.29 is 0 Å². The fourth-order valence-electron chi connectivity index (χ4n) is 8.98. The summed E-state index contributed by atoms with van der Waals surface area (Å²) < 4.78 is 0. The largest absolute Gasteiger partial charge is 0.0619 e. The Hall–Kier alpha value is -4.68. The molecule has 0 unspecified atom stereocenters. The lowest BCUT2D eigenvalue weighted by Crippen LogP contribution is -2.17. The lowest BCUT2D eigenvalue weighted by atomic mass is 9.73. The average molecular weight is 851 g/mol. The van der Waals surface area contributed by atoms with E-state index in [1.807, 2.05) is 0 Å². The Morgan fingerprint density at radius 1 is 0.219 bits per heavy atom. The fraction of sp³-hybridized carbons (Fsp3) is 0.438. The summed E-state index contributed by atoms with van der Waals surface area (Å²) in [5.74, 6) is 0. The van der Waals surface area contributed by atoms with E-state index in [0.29, 0.717) is 0 Å². The molecule has 6 aromatic carbocycles. The van der Waals surface area contributed by atoms with Gasteiger partial charge < -0.3 is 0 Å². The van der Waals surface area contributed by atoms with Crippen molar-refractivity contribution in [3.05, 3.63) is 154 Å². The van der Waals surface area contributed by atoms with Crippen LogP contribution in [0.1, 0.15) is 184 Å². The second-order valence-electron chi connectivity index (χ2n) is 26.2. The Kier molecular flexibility index (Phi) is 12.7. The highest BCUT2D eigenvalue weighted by Crippen LogP contribution is 2.50. The minimum Gasteiger partial charge on any atom is -0.0619 e. The van der Waals surface area contributed by atoms with Gasteiger partial charge in [-0.05, 0) is 163 Å². The van der Waals surface area contributed by atoms with E-state index in [2.05, 4.69) is 261 Å². The van der Waals surface area contributed by atoms with Crippen LogP contribution in [0.3, 0.4) is 0 Å². The van der Waals surface area contributed by atoms with E-state index in [-0.39, 0.29) is 37.9 Å². The first-order valence-corrected chi connectivity index (χ1v) is 24.0. The highest BCUT2D eigenvalue weighted by molar-refractivity contribution is 5.99. The second-order valence-corrected chi connectivity index (χ2v) is 26.2. The molecule has 0 spiro atoms. The van der Waals surface area contributed by atoms with Crippen molar-refractivity contribution in [1.29, 1.82) is 0 Å². The standard InChI is InChI=1S/C64H82/c1-58(2,3)46-33-43(34-47(37-46)59(4,5)6)41-30-42(44-35-48(60(7,8)9)38-49(36-44)61(10,11)12)32-45(31-41)57-53(51-26-22-24-28-55(51)63(16,17)18)39-50(62(13,14)15)40-54(57)52-27-23-25-29-56(52)64(19,20)21/h22-40H,1-21H3. The predicted molar refractivity (Wildman–Crippen MR) is 285 cm³/mol. The monoisotopic (exact) mass is 851 g/mol. The summed E-state index contributed by atoms with van der Waals surface area (Å²) in [5, 5.41) is 0. The summed E-state index contributed by atoms with van der Waals surface area (Å²) >= 11 is 0. The highest BCUT2D eigenvalue weighted by Gasteiger charge is 2.30. The maximum absolute atomic E-state index is 2.53. The summed E-state index contributed by atoms with van der Waals surface area (Å²) in [6, 6.07) is 45.7. The minimum atomic E-state index is -0.0874. The van der Waals surface area contributed by atoms with Crippen molar-refractivity contribution in [1.82, 2.24) is 0 Å². The van der Waals surface area contributed by atoms with E-state index in [1.54, 1.807) is 0 Å². The van der Waals surface area contributed by atoms with Crippen molar-refractivity contribution in [3.8, 4) is 55.6 Å². The van der Waals surface area contributed by atoms with Gasteiger partial charge in [-0.3, -0.25) is 0 Å². The first-order chi connectivity index (χ1) is 29.1. The van der Waals surface area contributed by atoms with Gasteiger partial charge in [-0.1, -0.05) is 230 Å². The van der Waals surface area contributed by atoms with Crippen LogP contribution in [0.5, 0.6) is 0 Å². The molecule has 6 aromatic rings. The van der Waals surface area contributed by atoms with Gasteiger partial charge in [0.05, 0.1) is 0 Å². The molecule has 0 saturated heterocycles. The van der Waals surface area contributed by atoms with E-state index < -0.39 is 0 Å². The molecule has 0 radical (unpaired) electrons. The Balaban J connectivity index is 1.91. The van der Waals surface area contributed by atoms with Crippen LogP contribution < -0.4 is 0 Å². The average Bonchev–Trinajstić information content (AvgIpc) is 3.17. The van der Waals surface area contributed by atoms with E-state index in [0.717, 1.165) is 0 Å². The molecule has 6 rings (SSSR count). The summed E-state index contributed by atoms with van der Waals surface area (Å²) in [6.07, 6.45) is 0. The minimum absolute atomic E-state index is 0.0183. The maximum Gasteiger partial charge on any atom is -0.00260 e. The molecule has 0 fully saturated rings. The zero-order chi connectivity index (χ0) is 47.7. The van der Waals surface area contributed by atoms with E-state index in [9.17, 15) is 0 Å². The summed E-state index contributed by atoms with van der Waals surface area (Å²) in [6.45, 7) is 49.4. The first-order valence-electron chi connectivity index (χ1n) is 24.0. The van der Waals surface area contributed by atoms with E-state index in [1.165, 1.54) is 94.6 Å². The molecule has 0 aromatic heterocycles. The van der Waals surface area contributed by atoms with Crippen molar-refractivity contribution in [2.24, 2.45) is 0 Å². The lowest BCUT2D eigenvalue weighted by Gasteiger charge is -2.30. The van der Waals surface area contributed by atoms with E-state index in [4.69, 9.17) is 0 Å². The van der Waals surface area contributed by atoms with Crippen molar-refractivity contribution >= 4 is 0 Å². The fourth-order valence-corrected chi connectivity index (χ4v) is 8.98. The van der Waals surface area contributed by atoms with Gasteiger partial charge in [0.15, 0.2) is 0 Å². The van der Waals surface area contributed by atoms with Gasteiger partial charge in [0, 0.05) is 0 Å². The first kappa shape index (κ1) is 48.8. The molecule has 64 heavy (non-hydrogen) atoms. The maximum atomic E-state index is 2.53. The summed E-state index contributed by atoms with van der Waals surface area (Å²) in [7, 11) is 0. The number of benzene rings is 6. The van der Waals surface area contributed by atoms with Crippen LogP contribution in [-0.4, -0.2) is 0 Å². The third-order valence-electron chi connectivity index (χ3n) is 13.3.